The van der Waals surface area contributed by atoms with Gasteiger partial charge in [0, 0.05) is 48.7 Å². The second-order valence-corrected chi connectivity index (χ2v) is 10.4. The van der Waals surface area contributed by atoms with E-state index < -0.39 is 0 Å². The van der Waals surface area contributed by atoms with Gasteiger partial charge in [-0.25, -0.2) is 19.6 Å². The number of halogens is 2. The van der Waals surface area contributed by atoms with Gasteiger partial charge in [0.2, 0.25) is 0 Å². The maximum atomic E-state index is 12.3. The molecule has 0 atom stereocenters. The number of rotatable bonds is 9. The van der Waals surface area contributed by atoms with Gasteiger partial charge in [-0.15, -0.1) is 0 Å². The Morgan fingerprint density at radius 2 is 1.21 bits per heavy atom. The van der Waals surface area contributed by atoms with Crippen LogP contribution in [0.4, 0.5) is 0 Å². The number of aromatic amines is 2. The lowest BCUT2D eigenvalue weighted by atomic mass is 10.1. The van der Waals surface area contributed by atoms with Crippen molar-refractivity contribution >= 4 is 45.5 Å². The summed E-state index contributed by atoms with van der Waals surface area (Å²) in [5.74, 6) is 0. The highest BCUT2D eigenvalue weighted by Gasteiger charge is 2.21. The van der Waals surface area contributed by atoms with Crippen molar-refractivity contribution in [3.63, 3.8) is 0 Å². The van der Waals surface area contributed by atoms with Gasteiger partial charge in [-0.3, -0.25) is 19.1 Å². The van der Waals surface area contributed by atoms with Crippen LogP contribution >= 0.6 is 23.2 Å². The van der Waals surface area contributed by atoms with Gasteiger partial charge in [0.15, 0.2) is 11.3 Å². The first-order valence-electron chi connectivity index (χ1n) is 13.0. The molecule has 0 saturated heterocycles. The fraction of sp³-hybridized carbons (Fsp3) is 0.538. The number of fused-ring (bicyclic) bond motifs is 2. The summed E-state index contributed by atoms with van der Waals surface area (Å²) in [4.78, 5) is 40.4. The molecule has 4 aromatic heterocycles. The number of H-pyrrole nitrogens is 2. The van der Waals surface area contributed by atoms with Crippen LogP contribution in [-0.2, 0) is 13.1 Å². The highest BCUT2D eigenvalue weighted by Crippen LogP contribution is 2.28. The predicted molar refractivity (Wildman–Crippen MR) is 155 cm³/mol. The first kappa shape index (κ1) is 29.9. The van der Waals surface area contributed by atoms with Crippen molar-refractivity contribution in [2.45, 2.75) is 78.6 Å². The van der Waals surface area contributed by atoms with E-state index >= 15 is 0 Å². The van der Waals surface area contributed by atoms with Crippen LogP contribution in [0.2, 0.25) is 10.0 Å². The number of nitrogens with two attached hydrogens (primary N) is 1. The van der Waals surface area contributed by atoms with Crippen molar-refractivity contribution in [3.05, 3.63) is 54.5 Å². The van der Waals surface area contributed by atoms with E-state index in [9.17, 15) is 9.59 Å². The maximum absolute atomic E-state index is 12.3. The lowest BCUT2D eigenvalue weighted by Crippen LogP contribution is -2.22. The van der Waals surface area contributed by atoms with Gasteiger partial charge in [0.1, 0.15) is 0 Å². The third kappa shape index (κ3) is 5.83. The van der Waals surface area contributed by atoms with Crippen LogP contribution in [0.5, 0.6) is 0 Å². The first-order valence-corrected chi connectivity index (χ1v) is 13.8. The Labute approximate surface area is 232 Å². The molecule has 10 nitrogen and oxygen atoms in total. The Kier molecular flexibility index (Phi) is 10.2. The van der Waals surface area contributed by atoms with Crippen LogP contribution in [0.15, 0.2) is 22.0 Å². The molecule has 0 bridgehead atoms. The van der Waals surface area contributed by atoms with Crippen LogP contribution in [0.25, 0.3) is 22.3 Å². The van der Waals surface area contributed by atoms with E-state index in [1.165, 1.54) is 6.20 Å². The van der Waals surface area contributed by atoms with E-state index in [-0.39, 0.29) is 30.0 Å². The van der Waals surface area contributed by atoms with Crippen molar-refractivity contribution in [2.24, 2.45) is 5.73 Å². The largest absolute Gasteiger partial charge is 0.327 e. The van der Waals surface area contributed by atoms with Crippen molar-refractivity contribution in [1.29, 1.82) is 0 Å². The predicted octanol–water partition coefficient (Wildman–Crippen LogP) is 5.00. The Hall–Kier alpha value is -2.66. The zero-order valence-electron chi connectivity index (χ0n) is 22.9. The molecule has 4 N–H and O–H groups in total. The maximum Gasteiger partial charge on any atom is 0.327 e. The standard InChI is InChI=1S/C14H21ClN4O.C12H17ClN4O/c1-5-9(6-2)19-12-10(8-18(3)4)11(15)7-16-13(12)17-14(19)20;1-3-7(4-2)17-10-8(5-14)9(13)6-15-11(10)16-12(17)18/h7,9H,5-6,8H2,1-4H3,(H,16,17,20);6-7H,3-5,14H2,1-2H3,(H,15,16,18). The molecule has 0 unspecified atom stereocenters. The van der Waals surface area contributed by atoms with Gasteiger partial charge in [-0.2, -0.15) is 0 Å². The molecule has 0 radical (unpaired) electrons. The number of nitrogens with one attached hydrogen (secondary N) is 2. The number of pyridine rings is 2. The number of aromatic nitrogens is 6. The molecule has 0 spiro atoms. The fourth-order valence-electron chi connectivity index (χ4n) is 4.93. The van der Waals surface area contributed by atoms with E-state index in [1.807, 2.05) is 23.6 Å². The number of nitrogens with zero attached hydrogens (tertiary/aromatic N) is 5. The van der Waals surface area contributed by atoms with E-state index in [0.29, 0.717) is 27.9 Å². The quantitative estimate of drug-likeness (QED) is 0.262. The monoisotopic (exact) mass is 564 g/mol. The van der Waals surface area contributed by atoms with E-state index in [2.05, 4.69) is 47.6 Å². The fourth-order valence-corrected chi connectivity index (χ4v) is 5.34. The third-order valence-corrected chi connectivity index (χ3v) is 7.53. The summed E-state index contributed by atoms with van der Waals surface area (Å²) in [6.07, 6.45) is 6.68. The summed E-state index contributed by atoms with van der Waals surface area (Å²) in [6.45, 7) is 9.25. The first-order chi connectivity index (χ1) is 18.1. The number of hydrogen-bond donors (Lipinski definition) is 3. The Bertz CT molecular complexity index is 1490. The van der Waals surface area contributed by atoms with Gasteiger partial charge in [0.25, 0.3) is 0 Å². The average Bonchev–Trinajstić information content (AvgIpc) is 3.39. The number of imidazole rings is 2. The Morgan fingerprint density at radius 3 is 1.58 bits per heavy atom. The molecule has 38 heavy (non-hydrogen) atoms. The summed E-state index contributed by atoms with van der Waals surface area (Å²) in [7, 11) is 3.96. The smallest absolute Gasteiger partial charge is 0.326 e. The molecule has 0 aliphatic carbocycles. The van der Waals surface area contributed by atoms with Crippen molar-refractivity contribution < 1.29 is 0 Å². The minimum absolute atomic E-state index is 0.108. The molecular weight excluding hydrogens is 527 g/mol. The van der Waals surface area contributed by atoms with Gasteiger partial charge >= 0.3 is 11.4 Å². The molecule has 12 heteroatoms. The lowest BCUT2D eigenvalue weighted by Gasteiger charge is -2.18. The molecule has 0 saturated carbocycles. The van der Waals surface area contributed by atoms with Gasteiger partial charge in [0.05, 0.1) is 21.1 Å². The Morgan fingerprint density at radius 1 is 0.816 bits per heavy atom. The SMILES string of the molecule is CCC(CC)n1c(=O)[nH]c2ncc(Cl)c(CN(C)C)c21.CCC(CC)n1c(=O)[nH]c2ncc(Cl)c(CN)c21. The molecule has 0 aliphatic rings. The zero-order chi connectivity index (χ0) is 28.1. The topological polar surface area (TPSA) is 131 Å². The second kappa shape index (κ2) is 12.9. The molecule has 0 aromatic carbocycles. The van der Waals surface area contributed by atoms with Crippen molar-refractivity contribution in [3.8, 4) is 0 Å². The van der Waals surface area contributed by atoms with Gasteiger partial charge in [-0.1, -0.05) is 50.9 Å². The highest BCUT2D eigenvalue weighted by atomic mass is 35.5. The molecule has 0 fully saturated rings. The second-order valence-electron chi connectivity index (χ2n) is 9.55. The number of hydrogen-bond acceptors (Lipinski definition) is 6. The highest BCUT2D eigenvalue weighted by molar-refractivity contribution is 6.32. The molecule has 4 heterocycles. The normalized spacial score (nSPS) is 11.8. The van der Waals surface area contributed by atoms with E-state index in [1.54, 1.807) is 10.8 Å². The summed E-state index contributed by atoms with van der Waals surface area (Å²) < 4.78 is 3.55. The molecule has 0 aliphatic heterocycles. The van der Waals surface area contributed by atoms with Gasteiger partial charge < -0.3 is 10.6 Å². The average molecular weight is 566 g/mol. The summed E-state index contributed by atoms with van der Waals surface area (Å²) >= 11 is 12.4. The van der Waals surface area contributed by atoms with Crippen molar-refractivity contribution in [2.75, 3.05) is 14.1 Å². The zero-order valence-corrected chi connectivity index (χ0v) is 24.4. The summed E-state index contributed by atoms with van der Waals surface area (Å²) in [5, 5.41) is 1.11. The minimum atomic E-state index is -0.150. The third-order valence-electron chi connectivity index (χ3n) is 6.87. The van der Waals surface area contributed by atoms with Gasteiger partial charge in [-0.05, 0) is 39.8 Å². The van der Waals surface area contributed by atoms with Crippen molar-refractivity contribution in [1.82, 2.24) is 34.0 Å². The molecule has 0 amide bonds. The van der Waals surface area contributed by atoms with Crippen LogP contribution in [0.1, 0.15) is 76.6 Å². The summed E-state index contributed by atoms with van der Waals surface area (Å²) in [6, 6.07) is 0.300. The summed E-state index contributed by atoms with van der Waals surface area (Å²) in [5.41, 5.74) is 9.94. The molecule has 4 aromatic rings. The Balaban J connectivity index is 0.000000212. The molecular formula is C26H38Cl2N8O2. The molecule has 208 valence electrons. The van der Waals surface area contributed by atoms with E-state index in [0.717, 1.165) is 47.8 Å². The lowest BCUT2D eigenvalue weighted by molar-refractivity contribution is 0.401. The van der Waals surface area contributed by atoms with Crippen LogP contribution < -0.4 is 17.1 Å². The van der Waals surface area contributed by atoms with E-state index in [4.69, 9.17) is 28.9 Å². The van der Waals surface area contributed by atoms with Crippen LogP contribution in [0.3, 0.4) is 0 Å². The minimum Gasteiger partial charge on any atom is -0.326 e. The van der Waals surface area contributed by atoms with Crippen LogP contribution in [-0.4, -0.2) is 48.1 Å². The van der Waals surface area contributed by atoms with Crippen LogP contribution in [0, 0.1) is 0 Å². The molecule has 4 rings (SSSR count).